The molecule has 2 rings (SSSR count). The first-order valence-corrected chi connectivity index (χ1v) is 5.35. The third kappa shape index (κ3) is 2.28. The number of ether oxygens (including phenoxy) is 2. The third-order valence-electron chi connectivity index (χ3n) is 2.46. The second-order valence-electron chi connectivity index (χ2n) is 3.98. The number of hydrogen-bond acceptors (Lipinski definition) is 4. The lowest BCUT2D eigenvalue weighted by Gasteiger charge is -2.08. The van der Waals surface area contributed by atoms with Crippen LogP contribution in [0.5, 0.6) is 11.5 Å². The van der Waals surface area contributed by atoms with E-state index in [1.807, 2.05) is 6.07 Å². The zero-order chi connectivity index (χ0) is 13.1. The van der Waals surface area contributed by atoms with Gasteiger partial charge in [-0.1, -0.05) is 6.07 Å². The molecule has 0 unspecified atom stereocenters. The summed E-state index contributed by atoms with van der Waals surface area (Å²) in [4.78, 5) is 13.1. The second-order valence-corrected chi connectivity index (χ2v) is 3.98. The summed E-state index contributed by atoms with van der Waals surface area (Å²) < 4.78 is 10.4. The van der Waals surface area contributed by atoms with E-state index in [0.29, 0.717) is 11.5 Å². The van der Waals surface area contributed by atoms with E-state index < -0.39 is 0 Å². The summed E-state index contributed by atoms with van der Waals surface area (Å²) in [6, 6.07) is 7.16. The number of likely N-dealkylation sites (N-methyl/N-ethyl adjacent to an activating group) is 1. The zero-order valence-corrected chi connectivity index (χ0v) is 10.1. The van der Waals surface area contributed by atoms with Gasteiger partial charge in [0.15, 0.2) is 11.5 Å². The van der Waals surface area contributed by atoms with E-state index in [-0.39, 0.29) is 18.3 Å². The number of carbonyl (C=O) groups is 1. The third-order valence-corrected chi connectivity index (χ3v) is 2.46. The monoisotopic (exact) mass is 244 g/mol. The van der Waals surface area contributed by atoms with Crippen molar-refractivity contribution in [2.75, 3.05) is 20.9 Å². The Hall–Kier alpha value is -2.48. The summed E-state index contributed by atoms with van der Waals surface area (Å²) in [5, 5.41) is 8.98. The first-order valence-electron chi connectivity index (χ1n) is 5.35. The Bertz CT molecular complexity index is 556. The Morgan fingerprint density at radius 3 is 2.78 bits per heavy atom. The number of nitrogens with zero attached hydrogens (tertiary/aromatic N) is 2. The van der Waals surface area contributed by atoms with Gasteiger partial charge in [-0.15, -0.1) is 0 Å². The molecule has 5 heteroatoms. The highest BCUT2D eigenvalue weighted by molar-refractivity contribution is 6.01. The molecule has 0 aliphatic carbocycles. The Labute approximate surface area is 105 Å². The first kappa shape index (κ1) is 12.0. The minimum atomic E-state index is -0.324. The molecule has 1 amide bonds. The number of amides is 1. The van der Waals surface area contributed by atoms with Crippen molar-refractivity contribution in [3.63, 3.8) is 0 Å². The lowest BCUT2D eigenvalue weighted by Crippen LogP contribution is -2.22. The van der Waals surface area contributed by atoms with E-state index in [1.165, 1.54) is 11.0 Å². The summed E-state index contributed by atoms with van der Waals surface area (Å²) in [7, 11) is 3.21. The summed E-state index contributed by atoms with van der Waals surface area (Å²) in [6.07, 6.45) is 1.53. The molecule has 18 heavy (non-hydrogen) atoms. The molecule has 0 fully saturated rings. The van der Waals surface area contributed by atoms with Gasteiger partial charge in [0, 0.05) is 14.1 Å². The van der Waals surface area contributed by atoms with Crippen LogP contribution in [0.15, 0.2) is 23.8 Å². The topological polar surface area (TPSA) is 62.6 Å². The molecule has 0 radical (unpaired) electrons. The number of rotatable bonds is 2. The van der Waals surface area contributed by atoms with Crippen molar-refractivity contribution < 1.29 is 14.3 Å². The van der Waals surface area contributed by atoms with Crippen LogP contribution in [0.1, 0.15) is 5.56 Å². The number of carbonyl (C=O) groups excluding carboxylic acids is 1. The fourth-order valence-corrected chi connectivity index (χ4v) is 1.55. The van der Waals surface area contributed by atoms with Crippen LogP contribution < -0.4 is 9.47 Å². The zero-order valence-electron chi connectivity index (χ0n) is 10.1. The molecule has 0 N–H and O–H groups in total. The maximum atomic E-state index is 11.7. The molecule has 1 aliphatic rings. The van der Waals surface area contributed by atoms with Crippen molar-refractivity contribution in [1.82, 2.24) is 4.90 Å². The molecule has 0 atom stereocenters. The molecule has 1 aliphatic heterocycles. The molecule has 0 saturated carbocycles. The summed E-state index contributed by atoms with van der Waals surface area (Å²) in [5.41, 5.74) is 0.810. The minimum absolute atomic E-state index is 0.0823. The maximum Gasteiger partial charge on any atom is 0.264 e. The molecule has 0 bridgehead atoms. The number of hydrogen-bond donors (Lipinski definition) is 0. The number of nitriles is 1. The molecule has 92 valence electrons. The van der Waals surface area contributed by atoms with Crippen molar-refractivity contribution in [3.8, 4) is 17.6 Å². The highest BCUT2D eigenvalue weighted by atomic mass is 16.7. The molecule has 0 spiro atoms. The van der Waals surface area contributed by atoms with Gasteiger partial charge in [-0.3, -0.25) is 4.79 Å². The van der Waals surface area contributed by atoms with Crippen molar-refractivity contribution in [3.05, 3.63) is 29.3 Å². The largest absolute Gasteiger partial charge is 0.454 e. The van der Waals surface area contributed by atoms with Crippen molar-refractivity contribution >= 4 is 12.0 Å². The SMILES string of the molecule is CN(C)C(=O)/C(C#N)=C/c1ccc2c(c1)OCO2. The van der Waals surface area contributed by atoms with E-state index in [0.717, 1.165) is 5.56 Å². The molecule has 1 aromatic rings. The Morgan fingerprint density at radius 2 is 2.11 bits per heavy atom. The van der Waals surface area contributed by atoms with Gasteiger partial charge in [0.25, 0.3) is 5.91 Å². The van der Waals surface area contributed by atoms with Crippen LogP contribution in [-0.4, -0.2) is 31.7 Å². The molecular weight excluding hydrogens is 232 g/mol. The van der Waals surface area contributed by atoms with E-state index in [1.54, 1.807) is 32.3 Å². The van der Waals surface area contributed by atoms with Crippen LogP contribution in [0.2, 0.25) is 0 Å². The lowest BCUT2D eigenvalue weighted by atomic mass is 10.1. The lowest BCUT2D eigenvalue weighted by molar-refractivity contribution is -0.124. The smallest absolute Gasteiger partial charge is 0.264 e. The minimum Gasteiger partial charge on any atom is -0.454 e. The quantitative estimate of drug-likeness (QED) is 0.583. The van der Waals surface area contributed by atoms with E-state index in [4.69, 9.17) is 14.7 Å². The highest BCUT2D eigenvalue weighted by Crippen LogP contribution is 2.33. The van der Waals surface area contributed by atoms with Gasteiger partial charge in [-0.25, -0.2) is 0 Å². The molecule has 1 heterocycles. The van der Waals surface area contributed by atoms with Crippen LogP contribution in [0.3, 0.4) is 0 Å². The summed E-state index contributed by atoms with van der Waals surface area (Å²) >= 11 is 0. The van der Waals surface area contributed by atoms with Gasteiger partial charge in [-0.05, 0) is 23.8 Å². The van der Waals surface area contributed by atoms with Gasteiger partial charge in [0.1, 0.15) is 11.6 Å². The number of benzene rings is 1. The molecule has 1 aromatic carbocycles. The van der Waals surface area contributed by atoms with Gasteiger partial charge < -0.3 is 14.4 Å². The van der Waals surface area contributed by atoms with Crippen molar-refractivity contribution in [2.24, 2.45) is 0 Å². The normalized spacial score (nSPS) is 13.1. The first-order chi connectivity index (χ1) is 8.61. The van der Waals surface area contributed by atoms with Crippen molar-refractivity contribution in [1.29, 1.82) is 5.26 Å². The van der Waals surface area contributed by atoms with E-state index in [9.17, 15) is 4.79 Å². The standard InChI is InChI=1S/C13H12N2O3/c1-15(2)13(16)10(7-14)5-9-3-4-11-12(6-9)18-8-17-11/h3-6H,8H2,1-2H3/b10-5+. The molecular formula is C13H12N2O3. The fraction of sp³-hybridized carbons (Fsp3) is 0.231. The molecule has 5 nitrogen and oxygen atoms in total. The second kappa shape index (κ2) is 4.80. The van der Waals surface area contributed by atoms with Crippen molar-refractivity contribution in [2.45, 2.75) is 0 Å². The summed E-state index contributed by atoms with van der Waals surface area (Å²) in [5.74, 6) is 0.970. The van der Waals surface area contributed by atoms with Crippen LogP contribution in [0, 0.1) is 11.3 Å². The van der Waals surface area contributed by atoms with Crippen LogP contribution in [0.25, 0.3) is 6.08 Å². The van der Waals surface area contributed by atoms with Crippen LogP contribution in [0.4, 0.5) is 0 Å². The molecule has 0 saturated heterocycles. The average Bonchev–Trinajstić information content (AvgIpc) is 2.82. The fourth-order valence-electron chi connectivity index (χ4n) is 1.55. The predicted molar refractivity (Wildman–Crippen MR) is 64.8 cm³/mol. The van der Waals surface area contributed by atoms with Gasteiger partial charge in [0.05, 0.1) is 0 Å². The van der Waals surface area contributed by atoms with Crippen LogP contribution >= 0.6 is 0 Å². The van der Waals surface area contributed by atoms with Gasteiger partial charge in [0.2, 0.25) is 6.79 Å². The van der Waals surface area contributed by atoms with Gasteiger partial charge in [-0.2, -0.15) is 5.26 Å². The Balaban J connectivity index is 2.32. The molecule has 0 aromatic heterocycles. The van der Waals surface area contributed by atoms with E-state index >= 15 is 0 Å². The van der Waals surface area contributed by atoms with Gasteiger partial charge >= 0.3 is 0 Å². The predicted octanol–water partition coefficient (Wildman–Crippen LogP) is 1.41. The van der Waals surface area contributed by atoms with Crippen LogP contribution in [-0.2, 0) is 4.79 Å². The Morgan fingerprint density at radius 1 is 1.39 bits per heavy atom. The number of fused-ring (bicyclic) bond motifs is 1. The summed E-state index contributed by atoms with van der Waals surface area (Å²) in [6.45, 7) is 0.199. The maximum absolute atomic E-state index is 11.7. The average molecular weight is 244 g/mol. The van der Waals surface area contributed by atoms with E-state index in [2.05, 4.69) is 0 Å². The highest BCUT2D eigenvalue weighted by Gasteiger charge is 2.14. The Kier molecular flexibility index (Phi) is 3.20.